The molecule has 0 spiro atoms. The highest BCUT2D eigenvalue weighted by molar-refractivity contribution is 6.73. The van der Waals surface area contributed by atoms with Crippen molar-refractivity contribution < 1.29 is 9.90 Å². The molecule has 0 heterocycles. The minimum absolute atomic E-state index is 0.0969. The number of carboxylic acid groups (broad SMARTS) is 1. The lowest BCUT2D eigenvalue weighted by atomic mass is 10.1. The lowest BCUT2D eigenvalue weighted by molar-refractivity contribution is -0.141. The predicted octanol–water partition coefficient (Wildman–Crippen LogP) is 2.40. The molecule has 1 aliphatic rings. The minimum atomic E-state index is -1.28. The number of aliphatic carboxylic acids is 1. The Hall–Kier alpha value is -0.353. The van der Waals surface area contributed by atoms with Gasteiger partial charge in [-0.05, 0) is 25.8 Å². The van der Waals surface area contributed by atoms with Gasteiger partial charge in [0, 0.05) is 6.04 Å². The van der Waals surface area contributed by atoms with Gasteiger partial charge in [0.25, 0.3) is 0 Å². The molecule has 0 radical (unpaired) electrons. The Labute approximate surface area is 93.6 Å². The maximum Gasteiger partial charge on any atom is 0.306 e. The molecule has 0 aromatic carbocycles. The van der Waals surface area contributed by atoms with Gasteiger partial charge in [0.1, 0.15) is 8.24 Å². The summed E-state index contributed by atoms with van der Waals surface area (Å²) in [6.45, 7) is 10.3. The van der Waals surface area contributed by atoms with Gasteiger partial charge in [0.05, 0.1) is 5.92 Å². The van der Waals surface area contributed by atoms with E-state index in [1.54, 1.807) is 0 Å². The summed E-state index contributed by atoms with van der Waals surface area (Å²) in [5.41, 5.74) is 0. The first-order valence-corrected chi connectivity index (χ1v) is 9.30. The molecule has 2 atom stereocenters. The number of nitrogens with zero attached hydrogens (tertiary/aromatic N) is 1. The molecule has 1 saturated carbocycles. The van der Waals surface area contributed by atoms with Crippen molar-refractivity contribution in [2.75, 3.05) is 6.54 Å². The van der Waals surface area contributed by atoms with Crippen molar-refractivity contribution in [1.29, 1.82) is 0 Å². The second-order valence-corrected chi connectivity index (χ2v) is 10.4. The van der Waals surface area contributed by atoms with E-state index in [1.165, 1.54) is 0 Å². The standard InChI is InChI=1S/C11H23NO2Si/c1-5-12(15(2,3)4)10-7-6-9(8-10)11(13)14/h9-10H,5-8H2,1-4H3,(H,13,14). The van der Waals surface area contributed by atoms with Crippen LogP contribution < -0.4 is 0 Å². The fraction of sp³-hybridized carbons (Fsp3) is 0.909. The third-order valence-corrected chi connectivity index (χ3v) is 5.80. The highest BCUT2D eigenvalue weighted by atomic mass is 28.3. The Kier molecular flexibility index (Phi) is 3.95. The van der Waals surface area contributed by atoms with Gasteiger partial charge in [-0.1, -0.05) is 26.6 Å². The van der Waals surface area contributed by atoms with E-state index in [0.717, 1.165) is 25.8 Å². The first-order chi connectivity index (χ1) is 6.86. The molecular weight excluding hydrogens is 206 g/mol. The summed E-state index contributed by atoms with van der Waals surface area (Å²) in [5.74, 6) is -0.704. The van der Waals surface area contributed by atoms with E-state index in [9.17, 15) is 4.79 Å². The van der Waals surface area contributed by atoms with Gasteiger partial charge in [0.2, 0.25) is 0 Å². The SMILES string of the molecule is CCN(C1CCC(C(=O)O)C1)[Si](C)(C)C. The van der Waals surface area contributed by atoms with Gasteiger partial charge in [-0.25, -0.2) is 0 Å². The molecule has 2 unspecified atom stereocenters. The van der Waals surface area contributed by atoms with Crippen molar-refractivity contribution in [2.24, 2.45) is 5.92 Å². The van der Waals surface area contributed by atoms with Crippen LogP contribution in [0.3, 0.4) is 0 Å². The van der Waals surface area contributed by atoms with Gasteiger partial charge in [-0.3, -0.25) is 4.79 Å². The van der Waals surface area contributed by atoms with Crippen LogP contribution in [-0.4, -0.2) is 36.5 Å². The number of hydrogen-bond acceptors (Lipinski definition) is 2. The van der Waals surface area contributed by atoms with Crippen molar-refractivity contribution in [3.63, 3.8) is 0 Å². The molecule has 1 rings (SSSR count). The van der Waals surface area contributed by atoms with Crippen LogP contribution in [0.5, 0.6) is 0 Å². The first kappa shape index (κ1) is 12.7. The van der Waals surface area contributed by atoms with E-state index in [4.69, 9.17) is 5.11 Å². The smallest absolute Gasteiger partial charge is 0.306 e. The maximum absolute atomic E-state index is 10.9. The summed E-state index contributed by atoms with van der Waals surface area (Å²) in [5, 5.41) is 8.98. The zero-order chi connectivity index (χ0) is 11.6. The van der Waals surface area contributed by atoms with Gasteiger partial charge < -0.3 is 9.67 Å². The molecule has 1 N–H and O–H groups in total. The average molecular weight is 229 g/mol. The van der Waals surface area contributed by atoms with E-state index < -0.39 is 14.2 Å². The summed E-state index contributed by atoms with van der Waals surface area (Å²) >= 11 is 0. The molecule has 0 aromatic rings. The molecule has 15 heavy (non-hydrogen) atoms. The van der Waals surface area contributed by atoms with Gasteiger partial charge >= 0.3 is 5.97 Å². The Morgan fingerprint density at radius 3 is 2.33 bits per heavy atom. The molecular formula is C11H23NO2Si. The Morgan fingerprint density at radius 2 is 2.00 bits per heavy atom. The Morgan fingerprint density at radius 1 is 1.40 bits per heavy atom. The van der Waals surface area contributed by atoms with E-state index in [-0.39, 0.29) is 5.92 Å². The van der Waals surface area contributed by atoms with E-state index in [1.807, 2.05) is 0 Å². The van der Waals surface area contributed by atoms with Crippen LogP contribution in [0, 0.1) is 5.92 Å². The highest BCUT2D eigenvalue weighted by Gasteiger charge is 2.36. The molecule has 0 saturated heterocycles. The van der Waals surface area contributed by atoms with Crippen molar-refractivity contribution in [3.8, 4) is 0 Å². The van der Waals surface area contributed by atoms with E-state index in [0.29, 0.717) is 6.04 Å². The third kappa shape index (κ3) is 3.05. The van der Waals surface area contributed by atoms with Gasteiger partial charge in [0.15, 0.2) is 0 Å². The minimum Gasteiger partial charge on any atom is -0.481 e. The Balaban J connectivity index is 2.62. The van der Waals surface area contributed by atoms with Crippen LogP contribution in [0.25, 0.3) is 0 Å². The third-order valence-electron chi connectivity index (χ3n) is 3.40. The fourth-order valence-electron chi connectivity index (χ4n) is 2.75. The maximum atomic E-state index is 10.9. The highest BCUT2D eigenvalue weighted by Crippen LogP contribution is 2.31. The quantitative estimate of drug-likeness (QED) is 0.753. The zero-order valence-electron chi connectivity index (χ0n) is 10.3. The summed E-state index contributed by atoms with van der Waals surface area (Å²) in [6.07, 6.45) is 2.78. The number of rotatable bonds is 4. The molecule has 1 fully saturated rings. The summed E-state index contributed by atoms with van der Waals surface area (Å²) in [6, 6.07) is 0.516. The summed E-state index contributed by atoms with van der Waals surface area (Å²) < 4.78 is 2.57. The van der Waals surface area contributed by atoms with E-state index in [2.05, 4.69) is 31.1 Å². The molecule has 0 aliphatic heterocycles. The predicted molar refractivity (Wildman–Crippen MR) is 64.5 cm³/mol. The summed E-state index contributed by atoms with van der Waals surface area (Å²) in [4.78, 5) is 10.9. The van der Waals surface area contributed by atoms with Crippen LogP contribution in [0.4, 0.5) is 0 Å². The number of hydrogen-bond donors (Lipinski definition) is 1. The van der Waals surface area contributed by atoms with Crippen molar-refractivity contribution in [1.82, 2.24) is 4.57 Å². The fourth-order valence-corrected chi connectivity index (χ4v) is 5.02. The zero-order valence-corrected chi connectivity index (χ0v) is 11.3. The molecule has 4 heteroatoms. The van der Waals surface area contributed by atoms with Crippen LogP contribution in [0.15, 0.2) is 0 Å². The monoisotopic (exact) mass is 229 g/mol. The number of carboxylic acids is 1. The van der Waals surface area contributed by atoms with Gasteiger partial charge in [-0.2, -0.15) is 0 Å². The van der Waals surface area contributed by atoms with Crippen LogP contribution in [0.2, 0.25) is 19.6 Å². The van der Waals surface area contributed by atoms with E-state index >= 15 is 0 Å². The molecule has 0 aromatic heterocycles. The largest absolute Gasteiger partial charge is 0.481 e. The van der Waals surface area contributed by atoms with Gasteiger partial charge in [-0.15, -0.1) is 0 Å². The van der Waals surface area contributed by atoms with Crippen LogP contribution >= 0.6 is 0 Å². The average Bonchev–Trinajstić information content (AvgIpc) is 2.51. The molecule has 3 nitrogen and oxygen atoms in total. The second kappa shape index (κ2) is 4.66. The topological polar surface area (TPSA) is 40.5 Å². The molecule has 0 amide bonds. The molecule has 88 valence electrons. The Bertz CT molecular complexity index is 237. The van der Waals surface area contributed by atoms with Crippen LogP contribution in [0.1, 0.15) is 26.2 Å². The number of carbonyl (C=O) groups is 1. The summed E-state index contributed by atoms with van der Waals surface area (Å²) in [7, 11) is -1.28. The van der Waals surface area contributed by atoms with Crippen molar-refractivity contribution in [3.05, 3.63) is 0 Å². The lowest BCUT2D eigenvalue weighted by Crippen LogP contribution is -2.51. The van der Waals surface area contributed by atoms with Crippen molar-refractivity contribution in [2.45, 2.75) is 51.9 Å². The normalized spacial score (nSPS) is 27.3. The first-order valence-electron chi connectivity index (χ1n) is 5.85. The second-order valence-electron chi connectivity index (χ2n) is 5.46. The molecule has 1 aliphatic carbocycles. The molecule has 0 bridgehead atoms. The lowest BCUT2D eigenvalue weighted by Gasteiger charge is -2.38. The van der Waals surface area contributed by atoms with Crippen LogP contribution in [-0.2, 0) is 4.79 Å². The van der Waals surface area contributed by atoms with Crippen molar-refractivity contribution >= 4 is 14.2 Å².